The monoisotopic (exact) mass is 349 g/mol. The highest BCUT2D eigenvalue weighted by atomic mass is 19.1. The van der Waals surface area contributed by atoms with Crippen LogP contribution in [0.3, 0.4) is 0 Å². The van der Waals surface area contributed by atoms with Crippen LogP contribution in [0.25, 0.3) is 0 Å². The lowest BCUT2D eigenvalue weighted by Gasteiger charge is -2.42. The van der Waals surface area contributed by atoms with Crippen LogP contribution in [0.4, 0.5) is 14.9 Å². The van der Waals surface area contributed by atoms with Gasteiger partial charge in [0.25, 0.3) is 0 Å². The minimum atomic E-state index is -0.212. The average Bonchev–Trinajstić information content (AvgIpc) is 2.64. The first kappa shape index (κ1) is 19.5. The summed E-state index contributed by atoms with van der Waals surface area (Å²) in [6.07, 6.45) is 6.59. The molecule has 0 saturated carbocycles. The molecule has 2 rings (SSSR count). The molecule has 0 bridgehead atoms. The summed E-state index contributed by atoms with van der Waals surface area (Å²) >= 11 is 0. The molecule has 1 aromatic rings. The first-order valence-electron chi connectivity index (χ1n) is 9.70. The molecule has 1 unspecified atom stereocenters. The van der Waals surface area contributed by atoms with E-state index in [1.54, 1.807) is 0 Å². The molecular weight excluding hydrogens is 317 g/mol. The summed E-state index contributed by atoms with van der Waals surface area (Å²) in [7, 11) is 0. The number of rotatable bonds is 8. The van der Waals surface area contributed by atoms with Gasteiger partial charge in [0.05, 0.1) is 6.04 Å². The number of nitrogens with zero attached hydrogens (tertiary/aromatic N) is 2. The van der Waals surface area contributed by atoms with E-state index in [9.17, 15) is 9.18 Å². The quantitative estimate of drug-likeness (QED) is 0.706. The van der Waals surface area contributed by atoms with Crippen molar-refractivity contribution in [3.63, 3.8) is 0 Å². The van der Waals surface area contributed by atoms with Gasteiger partial charge < -0.3 is 15.1 Å². The van der Waals surface area contributed by atoms with Crippen LogP contribution in [0.2, 0.25) is 0 Å². The highest BCUT2D eigenvalue weighted by molar-refractivity contribution is 5.75. The number of hydrogen-bond acceptors (Lipinski definition) is 2. The predicted molar refractivity (Wildman–Crippen MR) is 102 cm³/mol. The number of unbranched alkanes of at least 4 members (excludes halogenated alkanes) is 3. The lowest BCUT2D eigenvalue weighted by molar-refractivity contribution is 0.160. The lowest BCUT2D eigenvalue weighted by atomic mass is 10.0. The Hall–Kier alpha value is -1.78. The van der Waals surface area contributed by atoms with Crippen LogP contribution >= 0.6 is 0 Å². The van der Waals surface area contributed by atoms with Crippen molar-refractivity contribution in [1.29, 1.82) is 0 Å². The summed E-state index contributed by atoms with van der Waals surface area (Å²) in [5, 5.41) is 3.07. The van der Waals surface area contributed by atoms with E-state index in [-0.39, 0.29) is 17.9 Å². The SMILES string of the molecule is CCCCCNC(=O)N1CCN(c2ccc(F)cc2)CC1CCCC. The van der Waals surface area contributed by atoms with Crippen molar-refractivity contribution in [3.05, 3.63) is 30.1 Å². The van der Waals surface area contributed by atoms with Gasteiger partial charge in [0.15, 0.2) is 0 Å². The Morgan fingerprint density at radius 1 is 1.12 bits per heavy atom. The highest BCUT2D eigenvalue weighted by Gasteiger charge is 2.30. The Morgan fingerprint density at radius 3 is 2.52 bits per heavy atom. The molecule has 2 amide bonds. The van der Waals surface area contributed by atoms with E-state index in [0.29, 0.717) is 6.54 Å². The molecule has 140 valence electrons. The smallest absolute Gasteiger partial charge is 0.317 e. The number of halogens is 1. The van der Waals surface area contributed by atoms with Gasteiger partial charge in [-0.25, -0.2) is 9.18 Å². The minimum Gasteiger partial charge on any atom is -0.368 e. The second-order valence-electron chi connectivity index (χ2n) is 6.85. The Balaban J connectivity index is 1.96. The molecule has 0 radical (unpaired) electrons. The van der Waals surface area contributed by atoms with E-state index in [2.05, 4.69) is 24.1 Å². The maximum absolute atomic E-state index is 13.2. The van der Waals surface area contributed by atoms with E-state index in [1.165, 1.54) is 12.1 Å². The summed E-state index contributed by atoms with van der Waals surface area (Å²) < 4.78 is 13.2. The summed E-state index contributed by atoms with van der Waals surface area (Å²) in [4.78, 5) is 16.8. The zero-order valence-corrected chi connectivity index (χ0v) is 15.6. The van der Waals surface area contributed by atoms with Crippen molar-refractivity contribution >= 4 is 11.7 Å². The molecule has 1 aromatic carbocycles. The second kappa shape index (κ2) is 10.3. The van der Waals surface area contributed by atoms with Crippen LogP contribution < -0.4 is 10.2 Å². The largest absolute Gasteiger partial charge is 0.368 e. The molecule has 4 nitrogen and oxygen atoms in total. The van der Waals surface area contributed by atoms with Crippen LogP contribution in [0.5, 0.6) is 0 Å². The lowest BCUT2D eigenvalue weighted by Crippen LogP contribution is -2.57. The van der Waals surface area contributed by atoms with E-state index >= 15 is 0 Å². The van der Waals surface area contributed by atoms with E-state index in [4.69, 9.17) is 0 Å². The van der Waals surface area contributed by atoms with Crippen molar-refractivity contribution in [1.82, 2.24) is 10.2 Å². The third-order valence-corrected chi connectivity index (χ3v) is 4.88. The van der Waals surface area contributed by atoms with Crippen molar-refractivity contribution in [2.24, 2.45) is 0 Å². The summed E-state index contributed by atoms with van der Waals surface area (Å²) in [6, 6.07) is 6.94. The predicted octanol–water partition coefficient (Wildman–Crippen LogP) is 4.41. The standard InChI is InChI=1S/C20H32FN3O/c1-3-5-7-13-22-20(25)24-15-14-23(16-19(24)8-6-4-2)18-11-9-17(21)10-12-18/h9-12,19H,3-8,13-16H2,1-2H3,(H,22,25). The second-order valence-corrected chi connectivity index (χ2v) is 6.85. The van der Waals surface area contributed by atoms with Crippen LogP contribution in [0, 0.1) is 5.82 Å². The molecule has 1 N–H and O–H groups in total. The van der Waals surface area contributed by atoms with Crippen molar-refractivity contribution in [2.75, 3.05) is 31.1 Å². The maximum Gasteiger partial charge on any atom is 0.317 e. The van der Waals surface area contributed by atoms with Gasteiger partial charge in [0.1, 0.15) is 5.82 Å². The minimum absolute atomic E-state index is 0.0657. The van der Waals surface area contributed by atoms with Gasteiger partial charge in [-0.1, -0.05) is 39.5 Å². The topological polar surface area (TPSA) is 35.6 Å². The average molecular weight is 349 g/mol. The number of anilines is 1. The van der Waals surface area contributed by atoms with E-state index < -0.39 is 0 Å². The molecule has 5 heteroatoms. The van der Waals surface area contributed by atoms with Crippen LogP contribution in [-0.4, -0.2) is 43.2 Å². The highest BCUT2D eigenvalue weighted by Crippen LogP contribution is 2.22. The van der Waals surface area contributed by atoms with Gasteiger partial charge in [-0.15, -0.1) is 0 Å². The fourth-order valence-corrected chi connectivity index (χ4v) is 3.37. The van der Waals surface area contributed by atoms with Gasteiger partial charge >= 0.3 is 6.03 Å². The number of carbonyl (C=O) groups excluding carboxylic acids is 1. The molecule has 1 heterocycles. The Kier molecular flexibility index (Phi) is 8.02. The van der Waals surface area contributed by atoms with Crippen LogP contribution in [-0.2, 0) is 0 Å². The van der Waals surface area contributed by atoms with E-state index in [0.717, 1.165) is 63.8 Å². The van der Waals surface area contributed by atoms with Gasteiger partial charge in [-0.2, -0.15) is 0 Å². The molecule has 1 aliphatic heterocycles. The molecule has 1 aliphatic rings. The molecule has 1 fully saturated rings. The maximum atomic E-state index is 13.2. The fourth-order valence-electron chi connectivity index (χ4n) is 3.37. The molecular formula is C20H32FN3O. The zero-order valence-electron chi connectivity index (χ0n) is 15.6. The third kappa shape index (κ3) is 5.91. The van der Waals surface area contributed by atoms with Gasteiger partial charge in [0, 0.05) is 31.9 Å². The number of carbonyl (C=O) groups is 1. The van der Waals surface area contributed by atoms with Crippen LogP contribution in [0.15, 0.2) is 24.3 Å². The number of amides is 2. The molecule has 1 atom stereocenters. The summed E-state index contributed by atoms with van der Waals surface area (Å²) in [6.45, 7) is 7.41. The Morgan fingerprint density at radius 2 is 1.84 bits per heavy atom. The summed E-state index contributed by atoms with van der Waals surface area (Å²) in [5.74, 6) is -0.212. The van der Waals surface area contributed by atoms with Crippen LogP contribution in [0.1, 0.15) is 52.4 Å². The number of urea groups is 1. The molecule has 0 spiro atoms. The Bertz CT molecular complexity index is 520. The number of piperazine rings is 1. The van der Waals surface area contributed by atoms with Crippen molar-refractivity contribution < 1.29 is 9.18 Å². The van der Waals surface area contributed by atoms with Gasteiger partial charge in [-0.05, 0) is 37.1 Å². The number of nitrogens with one attached hydrogen (secondary N) is 1. The zero-order chi connectivity index (χ0) is 18.1. The molecule has 0 aromatic heterocycles. The molecule has 0 aliphatic carbocycles. The number of benzene rings is 1. The Labute approximate surface area is 151 Å². The first-order valence-corrected chi connectivity index (χ1v) is 9.70. The van der Waals surface area contributed by atoms with Gasteiger partial charge in [0.2, 0.25) is 0 Å². The van der Waals surface area contributed by atoms with Crippen molar-refractivity contribution in [2.45, 2.75) is 58.4 Å². The van der Waals surface area contributed by atoms with E-state index in [1.807, 2.05) is 17.0 Å². The number of hydrogen-bond donors (Lipinski definition) is 1. The third-order valence-electron chi connectivity index (χ3n) is 4.88. The fraction of sp³-hybridized carbons (Fsp3) is 0.650. The first-order chi connectivity index (χ1) is 12.2. The van der Waals surface area contributed by atoms with Gasteiger partial charge in [-0.3, -0.25) is 0 Å². The molecule has 1 saturated heterocycles. The normalized spacial score (nSPS) is 17.6. The molecule has 25 heavy (non-hydrogen) atoms. The summed E-state index contributed by atoms with van der Waals surface area (Å²) in [5.41, 5.74) is 1.03. The van der Waals surface area contributed by atoms with Crippen molar-refractivity contribution in [3.8, 4) is 0 Å².